The first-order chi connectivity index (χ1) is 29.7. The van der Waals surface area contributed by atoms with Gasteiger partial charge < -0.3 is 10.8 Å². The van der Waals surface area contributed by atoms with Gasteiger partial charge in [0.2, 0.25) is 0 Å². The monoisotopic (exact) mass is 822 g/mol. The fraction of sp³-hybridized carbons (Fsp3) is 0.321. The Bertz CT molecular complexity index is 2270. The highest BCUT2D eigenvalue weighted by Gasteiger charge is 2.26. The van der Waals surface area contributed by atoms with Crippen molar-refractivity contribution in [1.29, 1.82) is 0 Å². The summed E-state index contributed by atoms with van der Waals surface area (Å²) in [6, 6.07) is 45.1. The maximum absolute atomic E-state index is 12.6. The summed E-state index contributed by atoms with van der Waals surface area (Å²) in [7, 11) is 0. The quantitative estimate of drug-likeness (QED) is 0.0502. The molecule has 0 spiro atoms. The molecule has 0 aromatic heterocycles. The Morgan fingerprint density at radius 3 is 1.39 bits per heavy atom. The number of rotatable bonds is 16. The predicted molar refractivity (Wildman–Crippen MR) is 248 cm³/mol. The van der Waals surface area contributed by atoms with Crippen LogP contribution in [0.4, 0.5) is 0 Å². The molecule has 1 heterocycles. The van der Waals surface area contributed by atoms with E-state index in [2.05, 4.69) is 74.5 Å². The van der Waals surface area contributed by atoms with Crippen LogP contribution < -0.4 is 5.73 Å². The number of Topliss-reactive ketones (excluding diaryl/α,β-unsaturated/α-hetero) is 1. The van der Waals surface area contributed by atoms with Gasteiger partial charge in [0.1, 0.15) is 5.78 Å². The lowest BCUT2D eigenvalue weighted by molar-refractivity contribution is -0.171. The molecule has 1 aliphatic rings. The number of imide groups is 1. The molecule has 2 amide bonds. The number of benzene rings is 6. The zero-order valence-corrected chi connectivity index (χ0v) is 35.9. The van der Waals surface area contributed by atoms with Crippen molar-refractivity contribution in [3.63, 3.8) is 0 Å². The van der Waals surface area contributed by atoms with Crippen LogP contribution in [0.25, 0.3) is 43.8 Å². The Labute approximate surface area is 361 Å². The molecular formula is C53H62N2O6. The van der Waals surface area contributed by atoms with Gasteiger partial charge in [-0.05, 0) is 74.3 Å². The molecule has 1 saturated heterocycles. The Morgan fingerprint density at radius 1 is 0.541 bits per heavy atom. The molecule has 8 nitrogen and oxygen atoms in total. The molecule has 1 aliphatic heterocycles. The molecule has 6 aromatic carbocycles. The number of nitrogens with two attached hydrogens (primary N) is 1. The minimum atomic E-state index is -0.808. The highest BCUT2D eigenvalue weighted by Crippen LogP contribution is 2.34. The largest absolute Gasteiger partial charge is 0.481 e. The zero-order valence-electron chi connectivity index (χ0n) is 35.9. The topological polar surface area (TPSA) is 138 Å². The van der Waals surface area contributed by atoms with Crippen molar-refractivity contribution >= 4 is 45.1 Å². The summed E-state index contributed by atoms with van der Waals surface area (Å²) in [5, 5.41) is 22.4. The maximum Gasteiger partial charge on any atom is 0.307 e. The predicted octanol–water partition coefficient (Wildman–Crippen LogP) is 12.2. The second kappa shape index (κ2) is 26.3. The van der Waals surface area contributed by atoms with Gasteiger partial charge in [0.25, 0.3) is 11.8 Å². The van der Waals surface area contributed by atoms with Crippen LogP contribution >= 0.6 is 0 Å². The summed E-state index contributed by atoms with van der Waals surface area (Å²) >= 11 is 0. The van der Waals surface area contributed by atoms with Crippen molar-refractivity contribution in [2.24, 2.45) is 5.73 Å². The van der Waals surface area contributed by atoms with E-state index in [0.29, 0.717) is 18.6 Å². The summed E-state index contributed by atoms with van der Waals surface area (Å²) in [6.07, 6.45) is 12.7. The van der Waals surface area contributed by atoms with Crippen molar-refractivity contribution in [1.82, 2.24) is 5.06 Å². The smallest absolute Gasteiger partial charge is 0.307 e. The van der Waals surface area contributed by atoms with Crippen molar-refractivity contribution in [2.75, 3.05) is 6.54 Å². The third-order valence-electron chi connectivity index (χ3n) is 10.5. The molecule has 1 fully saturated rings. The molecule has 6 aromatic rings. The number of carboxylic acid groups (broad SMARTS) is 1. The Hall–Kier alpha value is -5.96. The summed E-state index contributed by atoms with van der Waals surface area (Å²) in [6.45, 7) is 5.28. The molecule has 7 rings (SSSR count). The van der Waals surface area contributed by atoms with E-state index >= 15 is 0 Å². The molecule has 8 heteroatoms. The highest BCUT2D eigenvalue weighted by molar-refractivity contribution is 6.01. The summed E-state index contributed by atoms with van der Waals surface area (Å²) in [5.41, 5.74) is 11.7. The second-order valence-corrected chi connectivity index (χ2v) is 15.3. The van der Waals surface area contributed by atoms with E-state index in [-0.39, 0.29) is 24.3 Å². The van der Waals surface area contributed by atoms with Crippen LogP contribution in [0, 0.1) is 0 Å². The van der Waals surface area contributed by atoms with Gasteiger partial charge in [-0.2, -0.15) is 5.06 Å². The SMILES string of the molecule is CCCCCCCC(=O)Cc1ccc2ccccc2c1-c1ccccc1.CCCCCCN.O=C(O)Cc1ccc2ccccc2c1-c1ccccc1.O=C1CCC(=O)N1O. The van der Waals surface area contributed by atoms with Gasteiger partial charge in [-0.25, -0.2) is 0 Å². The number of nitrogens with zero attached hydrogens (tertiary/aromatic N) is 1. The lowest BCUT2D eigenvalue weighted by Crippen LogP contribution is -2.24. The van der Waals surface area contributed by atoms with Crippen LogP contribution in [-0.4, -0.2) is 45.5 Å². The van der Waals surface area contributed by atoms with Gasteiger partial charge in [0.15, 0.2) is 0 Å². The number of hydrogen-bond donors (Lipinski definition) is 3. The third kappa shape index (κ3) is 15.2. The first-order valence-corrected chi connectivity index (χ1v) is 21.8. The lowest BCUT2D eigenvalue weighted by atomic mass is 9.90. The van der Waals surface area contributed by atoms with E-state index in [9.17, 15) is 19.2 Å². The first kappa shape index (κ1) is 47.7. The van der Waals surface area contributed by atoms with Crippen LogP contribution in [0.1, 0.15) is 102 Å². The molecular weight excluding hydrogens is 761 g/mol. The minimum Gasteiger partial charge on any atom is -0.481 e. The average Bonchev–Trinajstić information content (AvgIpc) is 3.58. The van der Waals surface area contributed by atoms with Crippen LogP contribution in [0.15, 0.2) is 133 Å². The molecule has 0 radical (unpaired) electrons. The minimum absolute atomic E-state index is 0.0368. The molecule has 4 N–H and O–H groups in total. The number of carboxylic acids is 1. The normalized spacial score (nSPS) is 11.9. The summed E-state index contributed by atoms with van der Waals surface area (Å²) < 4.78 is 0. The van der Waals surface area contributed by atoms with E-state index in [1.54, 1.807) is 0 Å². The van der Waals surface area contributed by atoms with E-state index in [0.717, 1.165) is 46.0 Å². The number of hydrogen-bond acceptors (Lipinski definition) is 6. The van der Waals surface area contributed by atoms with Gasteiger partial charge >= 0.3 is 5.97 Å². The fourth-order valence-corrected chi connectivity index (χ4v) is 7.34. The number of fused-ring (bicyclic) bond motifs is 2. The number of aliphatic carboxylic acids is 1. The third-order valence-corrected chi connectivity index (χ3v) is 10.5. The lowest BCUT2D eigenvalue weighted by Gasteiger charge is -2.13. The van der Waals surface area contributed by atoms with Gasteiger partial charge in [0, 0.05) is 25.7 Å². The van der Waals surface area contributed by atoms with Gasteiger partial charge in [-0.3, -0.25) is 24.4 Å². The van der Waals surface area contributed by atoms with Crippen LogP contribution in [0.3, 0.4) is 0 Å². The van der Waals surface area contributed by atoms with E-state index in [4.69, 9.17) is 16.0 Å². The van der Waals surface area contributed by atoms with Gasteiger partial charge in [-0.15, -0.1) is 0 Å². The highest BCUT2D eigenvalue weighted by atomic mass is 16.5. The number of carbonyl (C=O) groups is 4. The Balaban J connectivity index is 0.000000205. The molecule has 320 valence electrons. The van der Waals surface area contributed by atoms with Gasteiger partial charge in [-0.1, -0.05) is 192 Å². The Kier molecular flexibility index (Phi) is 20.6. The van der Waals surface area contributed by atoms with Crippen LogP contribution in [0.5, 0.6) is 0 Å². The van der Waals surface area contributed by atoms with E-state index in [1.807, 2.05) is 72.8 Å². The van der Waals surface area contributed by atoms with E-state index < -0.39 is 17.8 Å². The average molecular weight is 823 g/mol. The van der Waals surface area contributed by atoms with Crippen molar-refractivity contribution in [3.8, 4) is 22.3 Å². The molecule has 0 saturated carbocycles. The fourth-order valence-electron chi connectivity index (χ4n) is 7.34. The van der Waals surface area contributed by atoms with Crippen molar-refractivity contribution in [2.45, 2.75) is 104 Å². The summed E-state index contributed by atoms with van der Waals surface area (Å²) in [5.74, 6) is -1.46. The second-order valence-electron chi connectivity index (χ2n) is 15.3. The number of amides is 2. The molecule has 0 aliphatic carbocycles. The maximum atomic E-state index is 12.6. The molecule has 61 heavy (non-hydrogen) atoms. The number of carbonyl (C=O) groups excluding carboxylic acids is 3. The number of unbranched alkanes of at least 4 members (excludes halogenated alkanes) is 7. The zero-order chi connectivity index (χ0) is 43.8. The first-order valence-electron chi connectivity index (χ1n) is 21.8. The number of hydroxylamine groups is 2. The number of ketones is 1. The molecule has 0 atom stereocenters. The molecule has 0 unspecified atom stereocenters. The van der Waals surface area contributed by atoms with Gasteiger partial charge in [0.05, 0.1) is 6.42 Å². The summed E-state index contributed by atoms with van der Waals surface area (Å²) in [4.78, 5) is 44.1. The van der Waals surface area contributed by atoms with Crippen molar-refractivity contribution < 1.29 is 29.5 Å². The van der Waals surface area contributed by atoms with E-state index in [1.165, 1.54) is 73.3 Å². The Morgan fingerprint density at radius 2 is 0.967 bits per heavy atom. The van der Waals surface area contributed by atoms with Crippen LogP contribution in [0.2, 0.25) is 0 Å². The standard InChI is InChI=1S/C25H28O.C18H14O2.C6H15N.C4H5NO3/c1-2-3-4-5-9-15-23(26)19-22-18-17-20-12-10-11-16-24(20)25(22)21-13-7-6-8-14-21;19-17(20)12-15-11-10-13-6-4-5-9-16(13)18(15)14-7-2-1-3-8-14;1-2-3-4-5-6-7;6-3-1-2-4(7)5(3)8/h6-8,10-14,16-18H,2-5,9,15,19H2,1H3;1-11H,12H2,(H,19,20);2-7H2,1H3;8H,1-2H2. The van der Waals surface area contributed by atoms with Crippen LogP contribution in [-0.2, 0) is 32.0 Å². The molecule has 0 bridgehead atoms. The van der Waals surface area contributed by atoms with Crippen molar-refractivity contribution in [3.05, 3.63) is 145 Å².